The van der Waals surface area contributed by atoms with Gasteiger partial charge in [0.2, 0.25) is 0 Å². The van der Waals surface area contributed by atoms with Crippen LogP contribution in [0.4, 0.5) is 0 Å². The second-order valence-electron chi connectivity index (χ2n) is 13.3. The van der Waals surface area contributed by atoms with Crippen LogP contribution in [0.25, 0.3) is 0 Å². The SMILES string of the molecule is CCCCCCCC/C=C\CCCCCCCCC[N+](O)(O)CC.CCCCCCCCCCCCC(C)OC(C)OP(=O)(O)O. The lowest BCUT2D eigenvalue weighted by atomic mass is 10.0. The van der Waals surface area contributed by atoms with Gasteiger partial charge in [-0.1, -0.05) is 148 Å². The van der Waals surface area contributed by atoms with Gasteiger partial charge in [-0.25, -0.2) is 4.57 Å². The summed E-state index contributed by atoms with van der Waals surface area (Å²) in [6.45, 7) is 10.5. The molecule has 0 bridgehead atoms. The Morgan fingerprint density at radius 1 is 0.587 bits per heavy atom. The topological polar surface area (TPSA) is 116 Å². The van der Waals surface area contributed by atoms with E-state index in [-0.39, 0.29) is 6.10 Å². The zero-order chi connectivity index (χ0) is 34.8. The molecule has 46 heavy (non-hydrogen) atoms. The molecule has 0 aliphatic heterocycles. The van der Waals surface area contributed by atoms with E-state index in [0.29, 0.717) is 13.1 Å². The highest BCUT2D eigenvalue weighted by Crippen LogP contribution is 2.38. The van der Waals surface area contributed by atoms with Crippen LogP contribution >= 0.6 is 7.82 Å². The molecule has 0 aromatic heterocycles. The number of allylic oxidation sites excluding steroid dienone is 2. The number of unbranched alkanes of at least 4 members (excludes halogenated alkanes) is 22. The van der Waals surface area contributed by atoms with E-state index in [1.807, 2.05) is 6.92 Å². The molecule has 9 heteroatoms. The minimum atomic E-state index is -4.46. The Bertz CT molecular complexity index is 687. The van der Waals surface area contributed by atoms with Gasteiger partial charge in [0, 0.05) is 6.42 Å². The fraction of sp³-hybridized carbons (Fsp3) is 0.946. The predicted octanol–water partition coefficient (Wildman–Crippen LogP) is 12.2. The molecule has 8 nitrogen and oxygen atoms in total. The van der Waals surface area contributed by atoms with E-state index in [4.69, 9.17) is 14.5 Å². The van der Waals surface area contributed by atoms with Crippen molar-refractivity contribution in [2.24, 2.45) is 0 Å². The fourth-order valence-corrected chi connectivity index (χ4v) is 5.92. The molecule has 0 saturated carbocycles. The van der Waals surface area contributed by atoms with Crippen LogP contribution in [0.3, 0.4) is 0 Å². The van der Waals surface area contributed by atoms with Gasteiger partial charge >= 0.3 is 7.82 Å². The third kappa shape index (κ3) is 41.7. The first-order chi connectivity index (χ1) is 22.0. The second-order valence-corrected chi connectivity index (χ2v) is 14.5. The summed E-state index contributed by atoms with van der Waals surface area (Å²) in [5, 5.41) is 18.9. The number of nitrogens with zero attached hydrogens (tertiary/aromatic N) is 1. The van der Waals surface area contributed by atoms with E-state index in [9.17, 15) is 15.0 Å². The standard InChI is InChI=1S/C21H44NO2.C16H35O5P/c1-3-5-6-7-8-9-10-11-12-13-14-15-16-17-18-19-20-21-22(23,24)4-2;1-4-5-6-7-8-9-10-11-12-13-14-15(2)20-16(3)21-22(17,18)19/h11-12,23-24H,3-10,13-21H2,1-2H3;15-16H,4-14H2,1-3H3,(H2,17,18,19)/q+1;/b12-11-;. The zero-order valence-corrected chi connectivity index (χ0v) is 31.9. The Morgan fingerprint density at radius 3 is 1.35 bits per heavy atom. The summed E-state index contributed by atoms with van der Waals surface area (Å²) in [7, 11) is -4.46. The average Bonchev–Trinajstić information content (AvgIpc) is 2.99. The predicted molar refractivity (Wildman–Crippen MR) is 193 cm³/mol. The van der Waals surface area contributed by atoms with Crippen molar-refractivity contribution in [3.8, 4) is 0 Å². The van der Waals surface area contributed by atoms with Gasteiger partial charge < -0.3 is 14.5 Å². The van der Waals surface area contributed by atoms with Gasteiger partial charge in [0.05, 0.1) is 6.10 Å². The van der Waals surface area contributed by atoms with Crippen LogP contribution in [0.1, 0.15) is 202 Å². The van der Waals surface area contributed by atoms with Crippen LogP contribution in [0, 0.1) is 0 Å². The molecule has 0 heterocycles. The zero-order valence-electron chi connectivity index (χ0n) is 31.0. The van der Waals surface area contributed by atoms with Crippen molar-refractivity contribution in [1.82, 2.24) is 0 Å². The van der Waals surface area contributed by atoms with Crippen molar-refractivity contribution in [2.75, 3.05) is 13.1 Å². The minimum Gasteiger partial charge on any atom is -0.349 e. The van der Waals surface area contributed by atoms with Crippen LogP contribution < -0.4 is 0 Å². The number of ether oxygens (including phenoxy) is 1. The van der Waals surface area contributed by atoms with Crippen molar-refractivity contribution in [1.29, 1.82) is 0 Å². The Hall–Kier alpha value is -0.310. The van der Waals surface area contributed by atoms with Crippen LogP contribution in [-0.2, 0) is 13.8 Å². The average molecular weight is 681 g/mol. The first-order valence-corrected chi connectivity index (χ1v) is 20.9. The van der Waals surface area contributed by atoms with Crippen LogP contribution in [-0.4, -0.2) is 50.5 Å². The van der Waals surface area contributed by atoms with Gasteiger partial charge in [-0.15, -0.1) is 0 Å². The molecule has 4 N–H and O–H groups in total. The van der Waals surface area contributed by atoms with Gasteiger partial charge in [-0.3, -0.25) is 4.52 Å². The molecule has 2 unspecified atom stereocenters. The van der Waals surface area contributed by atoms with Gasteiger partial charge in [-0.2, -0.15) is 10.4 Å². The highest BCUT2D eigenvalue weighted by atomic mass is 31.2. The molecule has 0 rings (SSSR count). The maximum Gasteiger partial charge on any atom is 0.471 e. The Labute approximate surface area is 285 Å². The number of hydroxylamine groups is 4. The number of quaternary nitrogens is 1. The van der Waals surface area contributed by atoms with Gasteiger partial charge in [-0.05, 0) is 64.1 Å². The summed E-state index contributed by atoms with van der Waals surface area (Å²) in [6.07, 6.45) is 37.0. The molecule has 0 aliphatic rings. The maximum absolute atomic E-state index is 10.7. The van der Waals surface area contributed by atoms with Crippen molar-refractivity contribution in [3.05, 3.63) is 12.2 Å². The number of phosphoric ester groups is 1. The first-order valence-electron chi connectivity index (χ1n) is 19.3. The van der Waals surface area contributed by atoms with E-state index in [1.54, 1.807) is 6.92 Å². The molecular formula is C37H79NO7P+. The Kier molecular flexibility index (Phi) is 35.9. The molecule has 0 aromatic carbocycles. The van der Waals surface area contributed by atoms with Crippen molar-refractivity contribution in [3.63, 3.8) is 0 Å². The molecule has 0 aliphatic carbocycles. The van der Waals surface area contributed by atoms with Crippen LogP contribution in [0.5, 0.6) is 0 Å². The molecule has 0 aromatic rings. The van der Waals surface area contributed by atoms with Gasteiger partial charge in [0.1, 0.15) is 13.1 Å². The third-order valence-electron chi connectivity index (χ3n) is 8.46. The number of phosphoric acid groups is 1. The molecule has 0 radical (unpaired) electrons. The summed E-state index contributed by atoms with van der Waals surface area (Å²) in [4.78, 5) is 16.5. The van der Waals surface area contributed by atoms with E-state index >= 15 is 0 Å². The summed E-state index contributed by atoms with van der Waals surface area (Å²) < 4.78 is 20.5. The van der Waals surface area contributed by atoms with E-state index < -0.39 is 18.9 Å². The molecule has 0 fully saturated rings. The lowest BCUT2D eigenvalue weighted by Gasteiger charge is -2.19. The Balaban J connectivity index is 0. The highest BCUT2D eigenvalue weighted by molar-refractivity contribution is 7.46. The summed E-state index contributed by atoms with van der Waals surface area (Å²) >= 11 is 0. The molecule has 0 saturated heterocycles. The van der Waals surface area contributed by atoms with Crippen LogP contribution in [0.15, 0.2) is 12.2 Å². The van der Waals surface area contributed by atoms with Gasteiger partial charge in [0.25, 0.3) is 0 Å². The smallest absolute Gasteiger partial charge is 0.349 e. The molecular weight excluding hydrogens is 601 g/mol. The summed E-state index contributed by atoms with van der Waals surface area (Å²) in [6, 6.07) is 0. The largest absolute Gasteiger partial charge is 0.471 e. The van der Waals surface area contributed by atoms with Gasteiger partial charge in [0.15, 0.2) is 6.29 Å². The lowest BCUT2D eigenvalue weighted by molar-refractivity contribution is -1.24. The van der Waals surface area contributed by atoms with E-state index in [1.165, 1.54) is 148 Å². The van der Waals surface area contributed by atoms with Crippen molar-refractivity contribution in [2.45, 2.75) is 214 Å². The normalized spacial score (nSPS) is 13.6. The number of hydrogen-bond acceptors (Lipinski definition) is 5. The molecule has 0 amide bonds. The van der Waals surface area contributed by atoms with Crippen molar-refractivity contribution < 1.29 is 38.8 Å². The van der Waals surface area contributed by atoms with Crippen LogP contribution in [0.2, 0.25) is 0 Å². The number of hydrogen-bond donors (Lipinski definition) is 4. The summed E-state index contributed by atoms with van der Waals surface area (Å²) in [5.41, 5.74) is 0. The molecule has 2 atom stereocenters. The Morgan fingerprint density at radius 2 is 0.957 bits per heavy atom. The fourth-order valence-electron chi connectivity index (χ4n) is 5.48. The van der Waals surface area contributed by atoms with E-state index in [2.05, 4.69) is 30.5 Å². The van der Waals surface area contributed by atoms with E-state index in [0.717, 1.165) is 25.7 Å². The lowest BCUT2D eigenvalue weighted by Crippen LogP contribution is -2.41. The molecule has 278 valence electrons. The second kappa shape index (κ2) is 34.5. The monoisotopic (exact) mass is 681 g/mol. The third-order valence-corrected chi connectivity index (χ3v) is 9.03. The first kappa shape index (κ1) is 47.8. The molecule has 0 spiro atoms. The number of rotatable bonds is 33. The summed E-state index contributed by atoms with van der Waals surface area (Å²) in [5.74, 6) is 0. The minimum absolute atomic E-state index is 0.0457. The van der Waals surface area contributed by atoms with Crippen molar-refractivity contribution >= 4 is 7.82 Å². The maximum atomic E-state index is 10.7. The quantitative estimate of drug-likeness (QED) is 0.0136. The highest BCUT2D eigenvalue weighted by Gasteiger charge is 2.20.